The Labute approximate surface area is 135 Å². The van der Waals surface area contributed by atoms with Gasteiger partial charge in [-0.1, -0.05) is 18.2 Å². The molecule has 0 bridgehead atoms. The molecule has 1 aliphatic heterocycles. The molecule has 1 aromatic heterocycles. The summed E-state index contributed by atoms with van der Waals surface area (Å²) in [5, 5.41) is 2.11. The van der Waals surface area contributed by atoms with Crippen molar-refractivity contribution < 1.29 is 12.6 Å². The number of para-hydroxylation sites is 1. The molecule has 0 spiro atoms. The fourth-order valence-corrected chi connectivity index (χ4v) is 4.67. The van der Waals surface area contributed by atoms with E-state index >= 15 is 0 Å². The van der Waals surface area contributed by atoms with Gasteiger partial charge in [0, 0.05) is 24.0 Å². The number of nitrogens with zero attached hydrogens (tertiary/aromatic N) is 1. The van der Waals surface area contributed by atoms with E-state index < -0.39 is 10.1 Å². The van der Waals surface area contributed by atoms with Gasteiger partial charge in [-0.05, 0) is 42.5 Å². The Kier molecular flexibility index (Phi) is 4.52. The van der Waals surface area contributed by atoms with E-state index in [9.17, 15) is 8.42 Å². The van der Waals surface area contributed by atoms with E-state index in [1.54, 1.807) is 35.6 Å². The summed E-state index contributed by atoms with van der Waals surface area (Å²) in [7, 11) is -3.56. The topological polar surface area (TPSA) is 46.6 Å². The molecule has 2 aromatic rings. The van der Waals surface area contributed by atoms with Crippen LogP contribution in [0.25, 0.3) is 0 Å². The molecule has 1 aromatic carbocycles. The first-order valence-corrected chi connectivity index (χ1v) is 9.78. The third-order valence-corrected chi connectivity index (χ3v) is 6.12. The van der Waals surface area contributed by atoms with Gasteiger partial charge in [-0.2, -0.15) is 8.42 Å². The monoisotopic (exact) mass is 337 g/mol. The summed E-state index contributed by atoms with van der Waals surface area (Å²) in [4.78, 5) is 3.63. The third-order valence-electron chi connectivity index (χ3n) is 4.00. The Morgan fingerprint density at radius 2 is 2.05 bits per heavy atom. The van der Waals surface area contributed by atoms with Crippen LogP contribution in [0.2, 0.25) is 0 Å². The normalized spacial score (nSPS) is 18.9. The van der Waals surface area contributed by atoms with Crippen LogP contribution in [0.3, 0.4) is 0 Å². The molecule has 22 heavy (non-hydrogen) atoms. The van der Waals surface area contributed by atoms with Crippen LogP contribution in [0.5, 0.6) is 5.75 Å². The Morgan fingerprint density at radius 1 is 1.27 bits per heavy atom. The fraction of sp³-hybridized carbons (Fsp3) is 0.375. The molecule has 2 heterocycles. The van der Waals surface area contributed by atoms with E-state index in [4.69, 9.17) is 4.18 Å². The van der Waals surface area contributed by atoms with Gasteiger partial charge in [-0.25, -0.2) is 0 Å². The van der Waals surface area contributed by atoms with Crippen molar-refractivity contribution in [3.8, 4) is 5.75 Å². The summed E-state index contributed by atoms with van der Waals surface area (Å²) in [5.41, 5.74) is 1.33. The maximum Gasteiger partial charge on any atom is 0.310 e. The lowest BCUT2D eigenvalue weighted by Crippen LogP contribution is -2.37. The van der Waals surface area contributed by atoms with Gasteiger partial charge in [0.05, 0.1) is 5.75 Å². The molecule has 1 atom stereocenters. The van der Waals surface area contributed by atoms with Crippen molar-refractivity contribution >= 4 is 21.5 Å². The maximum atomic E-state index is 12.1. The number of rotatable bonds is 5. The van der Waals surface area contributed by atoms with Crippen molar-refractivity contribution in [1.82, 2.24) is 4.90 Å². The molecule has 118 valence electrons. The SMILES string of the molecule is C[C@H]1c2ccsc2CCN1CCS(=O)(=O)Oc1ccccc1. The van der Waals surface area contributed by atoms with Gasteiger partial charge in [0.1, 0.15) is 5.75 Å². The first-order chi connectivity index (χ1) is 10.6. The van der Waals surface area contributed by atoms with E-state index in [1.807, 2.05) is 6.07 Å². The summed E-state index contributed by atoms with van der Waals surface area (Å²) < 4.78 is 29.3. The molecular formula is C16H19NO3S2. The van der Waals surface area contributed by atoms with Crippen molar-refractivity contribution in [2.24, 2.45) is 0 Å². The van der Waals surface area contributed by atoms with Gasteiger partial charge in [0.2, 0.25) is 0 Å². The van der Waals surface area contributed by atoms with Gasteiger partial charge >= 0.3 is 10.1 Å². The highest BCUT2D eigenvalue weighted by Crippen LogP contribution is 2.32. The van der Waals surface area contributed by atoms with Gasteiger partial charge in [-0.3, -0.25) is 4.90 Å². The Balaban J connectivity index is 1.61. The lowest BCUT2D eigenvalue weighted by Gasteiger charge is -2.33. The molecule has 0 saturated carbocycles. The second-order valence-electron chi connectivity index (χ2n) is 5.42. The Morgan fingerprint density at radius 3 is 2.82 bits per heavy atom. The van der Waals surface area contributed by atoms with E-state index in [1.165, 1.54) is 10.4 Å². The summed E-state index contributed by atoms with van der Waals surface area (Å²) in [6.07, 6.45) is 0.997. The first-order valence-electron chi connectivity index (χ1n) is 7.33. The number of thiophene rings is 1. The molecule has 0 fully saturated rings. The van der Waals surface area contributed by atoms with E-state index in [0.717, 1.165) is 13.0 Å². The standard InChI is InChI=1S/C16H19NO3S2/c1-13-15-8-11-21-16(15)7-9-17(13)10-12-22(18,19)20-14-5-3-2-4-6-14/h2-6,8,11,13H,7,9-10,12H2,1H3/t13-/m0/s1. The minimum Gasteiger partial charge on any atom is -0.382 e. The van der Waals surface area contributed by atoms with Crippen LogP contribution >= 0.6 is 11.3 Å². The summed E-state index contributed by atoms with van der Waals surface area (Å²) in [6.45, 7) is 3.52. The highest BCUT2D eigenvalue weighted by molar-refractivity contribution is 7.87. The van der Waals surface area contributed by atoms with Gasteiger partial charge in [-0.15, -0.1) is 11.3 Å². The summed E-state index contributed by atoms with van der Waals surface area (Å²) in [5.74, 6) is 0.375. The second-order valence-corrected chi connectivity index (χ2v) is 8.11. The second kappa shape index (κ2) is 6.40. The van der Waals surface area contributed by atoms with Crippen molar-refractivity contribution in [1.29, 1.82) is 0 Å². The predicted octanol–water partition coefficient (Wildman–Crippen LogP) is 3.08. The average molecular weight is 337 g/mol. The first kappa shape index (κ1) is 15.5. The van der Waals surface area contributed by atoms with Crippen LogP contribution in [0.1, 0.15) is 23.4 Å². The smallest absolute Gasteiger partial charge is 0.310 e. The minimum atomic E-state index is -3.56. The number of hydrogen-bond acceptors (Lipinski definition) is 5. The Hall–Kier alpha value is -1.37. The highest BCUT2D eigenvalue weighted by Gasteiger charge is 2.26. The van der Waals surface area contributed by atoms with Crippen LogP contribution in [0.15, 0.2) is 41.8 Å². The van der Waals surface area contributed by atoms with Gasteiger partial charge < -0.3 is 4.18 Å². The van der Waals surface area contributed by atoms with E-state index in [-0.39, 0.29) is 11.8 Å². The van der Waals surface area contributed by atoms with Crippen LogP contribution in [0, 0.1) is 0 Å². The average Bonchev–Trinajstić information content (AvgIpc) is 2.96. The van der Waals surface area contributed by atoms with Crippen LogP contribution in [-0.4, -0.2) is 32.2 Å². The third kappa shape index (κ3) is 3.51. The zero-order valence-corrected chi connectivity index (χ0v) is 14.1. The van der Waals surface area contributed by atoms with Crippen LogP contribution < -0.4 is 4.18 Å². The number of benzene rings is 1. The minimum absolute atomic E-state index is 0.00566. The lowest BCUT2D eigenvalue weighted by molar-refractivity contribution is 0.211. The molecule has 1 aliphatic rings. The van der Waals surface area contributed by atoms with Crippen molar-refractivity contribution in [3.63, 3.8) is 0 Å². The molecule has 0 radical (unpaired) electrons. The van der Waals surface area contributed by atoms with Crippen molar-refractivity contribution in [2.75, 3.05) is 18.8 Å². The molecule has 0 aliphatic carbocycles. The summed E-state index contributed by atoms with van der Waals surface area (Å²) in [6, 6.07) is 11.1. The molecule has 0 amide bonds. The predicted molar refractivity (Wildman–Crippen MR) is 88.9 cm³/mol. The fourth-order valence-electron chi connectivity index (χ4n) is 2.76. The van der Waals surface area contributed by atoms with Crippen LogP contribution in [0.4, 0.5) is 0 Å². The molecule has 0 unspecified atom stereocenters. The lowest BCUT2D eigenvalue weighted by atomic mass is 10.0. The van der Waals surface area contributed by atoms with Crippen molar-refractivity contribution in [2.45, 2.75) is 19.4 Å². The van der Waals surface area contributed by atoms with E-state index in [2.05, 4.69) is 23.3 Å². The van der Waals surface area contributed by atoms with Crippen LogP contribution in [-0.2, 0) is 16.5 Å². The summed E-state index contributed by atoms with van der Waals surface area (Å²) >= 11 is 1.79. The number of hydrogen-bond donors (Lipinski definition) is 0. The zero-order chi connectivity index (χ0) is 15.6. The highest BCUT2D eigenvalue weighted by atomic mass is 32.2. The molecule has 6 heteroatoms. The largest absolute Gasteiger partial charge is 0.382 e. The molecule has 0 N–H and O–H groups in total. The maximum absolute atomic E-state index is 12.1. The Bertz CT molecular complexity index is 725. The van der Waals surface area contributed by atoms with Crippen molar-refractivity contribution in [3.05, 3.63) is 52.2 Å². The van der Waals surface area contributed by atoms with Gasteiger partial charge in [0.15, 0.2) is 0 Å². The molecule has 0 saturated heterocycles. The van der Waals surface area contributed by atoms with E-state index in [0.29, 0.717) is 12.3 Å². The van der Waals surface area contributed by atoms with Gasteiger partial charge in [0.25, 0.3) is 0 Å². The number of fused-ring (bicyclic) bond motifs is 1. The molecule has 3 rings (SSSR count). The molecule has 4 nitrogen and oxygen atoms in total. The zero-order valence-electron chi connectivity index (χ0n) is 12.4. The quantitative estimate of drug-likeness (QED) is 0.787. The molecular weight excluding hydrogens is 318 g/mol.